The maximum absolute atomic E-state index is 5.91. The average molecular weight is 223 g/mol. The second-order valence-corrected chi connectivity index (χ2v) is 4.60. The highest BCUT2D eigenvalue weighted by Gasteiger charge is 2.16. The van der Waals surface area contributed by atoms with Crippen LogP contribution >= 0.6 is 44.1 Å². The van der Waals surface area contributed by atoms with Crippen molar-refractivity contribution in [1.29, 1.82) is 0 Å². The molecule has 0 saturated heterocycles. The van der Waals surface area contributed by atoms with E-state index < -0.39 is 0 Å². The molecule has 0 N–H and O–H groups in total. The monoisotopic (exact) mass is 222 g/mol. The minimum Gasteiger partial charge on any atom is -0.135 e. The van der Waals surface area contributed by atoms with Crippen molar-refractivity contribution in [3.05, 3.63) is 22.2 Å². The Kier molecular flexibility index (Phi) is 1.97. The zero-order valence-electron chi connectivity index (χ0n) is 5.17. The van der Waals surface area contributed by atoms with E-state index in [0.29, 0.717) is 10.0 Å². The van der Waals surface area contributed by atoms with Crippen LogP contribution in [-0.2, 0) is 0 Å². The van der Waals surface area contributed by atoms with E-state index >= 15 is 0 Å². The summed E-state index contributed by atoms with van der Waals surface area (Å²) in [5.74, 6) is 0. The van der Waals surface area contributed by atoms with Gasteiger partial charge < -0.3 is 0 Å². The molecular formula is C6H2Cl2NS2+. The molecule has 0 aliphatic heterocycles. The second kappa shape index (κ2) is 2.83. The molecule has 2 rings (SSSR count). The number of hydrogen-bond acceptors (Lipinski definition) is 2. The number of nitrogens with zero attached hydrogens (tertiary/aromatic N) is 1. The van der Waals surface area contributed by atoms with Gasteiger partial charge in [-0.25, -0.2) is 0 Å². The van der Waals surface area contributed by atoms with Crippen LogP contribution in [0.4, 0.5) is 0 Å². The van der Waals surface area contributed by atoms with E-state index in [2.05, 4.69) is 4.37 Å². The van der Waals surface area contributed by atoms with Crippen molar-refractivity contribution in [2.45, 2.75) is 0 Å². The van der Waals surface area contributed by atoms with Gasteiger partial charge in [-0.2, -0.15) is 0 Å². The van der Waals surface area contributed by atoms with Gasteiger partial charge in [0.25, 0.3) is 15.2 Å². The predicted molar refractivity (Wildman–Crippen MR) is 51.9 cm³/mol. The predicted octanol–water partition coefficient (Wildman–Crippen LogP) is 3.95. The molecule has 2 aromatic rings. The largest absolute Gasteiger partial charge is 0.325 e. The molecule has 5 heteroatoms. The Morgan fingerprint density at radius 2 is 2.18 bits per heavy atom. The van der Waals surface area contributed by atoms with Crippen LogP contribution in [0, 0.1) is 0 Å². The maximum Gasteiger partial charge on any atom is 0.325 e. The molecule has 1 nitrogen and oxygen atoms in total. The molecule has 56 valence electrons. The quantitative estimate of drug-likeness (QED) is 0.486. The molecule has 0 saturated carbocycles. The molecule has 0 unspecified atom stereocenters. The second-order valence-electron chi connectivity index (χ2n) is 1.96. The molecule has 0 spiro atoms. The van der Waals surface area contributed by atoms with Gasteiger partial charge in [0.05, 0.1) is 5.02 Å². The molecule has 0 bridgehead atoms. The first kappa shape index (κ1) is 7.68. The first-order valence-corrected chi connectivity index (χ1v) is 5.68. The Balaban J connectivity index is 2.93. The van der Waals surface area contributed by atoms with Crippen molar-refractivity contribution in [3.8, 4) is 0 Å². The number of hydrogen-bond donors (Lipinski definition) is 0. The minimum absolute atomic E-state index is 0.593. The Bertz CT molecular complexity index is 398. The molecular weight excluding hydrogens is 221 g/mol. The molecule has 0 atom stereocenters. The summed E-state index contributed by atoms with van der Waals surface area (Å²) >= 11 is 11.7. The fraction of sp³-hybridized carbons (Fsp3) is 0. The normalized spacial score (nSPS) is 10.7. The van der Waals surface area contributed by atoms with Gasteiger partial charge in [-0.3, -0.25) is 0 Å². The van der Waals surface area contributed by atoms with Crippen LogP contribution in [0.5, 0.6) is 0 Å². The third-order valence-electron chi connectivity index (χ3n) is 1.29. The summed E-state index contributed by atoms with van der Waals surface area (Å²) in [6.45, 7) is 0. The van der Waals surface area contributed by atoms with E-state index in [1.807, 2.05) is 6.07 Å². The Morgan fingerprint density at radius 1 is 1.36 bits per heavy atom. The van der Waals surface area contributed by atoms with E-state index in [-0.39, 0.29) is 0 Å². The first-order chi connectivity index (χ1) is 5.29. The smallest absolute Gasteiger partial charge is 0.135 e. The molecule has 11 heavy (non-hydrogen) atoms. The first-order valence-electron chi connectivity index (χ1n) is 2.82. The number of halogens is 2. The highest BCUT2D eigenvalue weighted by atomic mass is 35.5. The van der Waals surface area contributed by atoms with Gasteiger partial charge >= 0.3 is 10.3 Å². The molecule has 0 fully saturated rings. The van der Waals surface area contributed by atoms with Crippen molar-refractivity contribution in [2.75, 3.05) is 0 Å². The van der Waals surface area contributed by atoms with E-state index in [0.717, 1.165) is 10.2 Å². The van der Waals surface area contributed by atoms with Gasteiger partial charge in [0, 0.05) is 0 Å². The lowest BCUT2D eigenvalue weighted by Gasteiger charge is -1.87. The van der Waals surface area contributed by atoms with Crippen LogP contribution < -0.4 is 0 Å². The van der Waals surface area contributed by atoms with E-state index in [9.17, 15) is 0 Å². The third kappa shape index (κ3) is 1.22. The summed E-state index contributed by atoms with van der Waals surface area (Å²) in [4.78, 5) is 0. The zero-order chi connectivity index (χ0) is 7.84. The van der Waals surface area contributed by atoms with Crippen molar-refractivity contribution in [2.24, 2.45) is 0 Å². The highest BCUT2D eigenvalue weighted by Crippen LogP contribution is 2.34. The molecule has 1 aromatic carbocycles. The van der Waals surface area contributed by atoms with Gasteiger partial charge in [0.1, 0.15) is 10.5 Å². The van der Waals surface area contributed by atoms with Gasteiger partial charge in [-0.15, -0.1) is 4.37 Å². The lowest BCUT2D eigenvalue weighted by atomic mass is 10.3. The summed E-state index contributed by atoms with van der Waals surface area (Å²) < 4.78 is 5.11. The third-order valence-corrected chi connectivity index (χ3v) is 4.07. The fourth-order valence-electron chi connectivity index (χ4n) is 0.769. The van der Waals surface area contributed by atoms with Crippen LogP contribution in [0.15, 0.2) is 12.1 Å². The molecule has 0 aliphatic rings. The van der Waals surface area contributed by atoms with Crippen LogP contribution in [0.2, 0.25) is 10.0 Å². The lowest BCUT2D eigenvalue weighted by molar-refractivity contribution is 1.66. The Morgan fingerprint density at radius 3 is 3.00 bits per heavy atom. The van der Waals surface area contributed by atoms with Crippen LogP contribution in [0.3, 0.4) is 0 Å². The molecule has 0 radical (unpaired) electrons. The van der Waals surface area contributed by atoms with Crippen molar-refractivity contribution in [3.63, 3.8) is 0 Å². The average Bonchev–Trinajstić information content (AvgIpc) is 2.45. The van der Waals surface area contributed by atoms with Crippen molar-refractivity contribution < 1.29 is 0 Å². The molecule has 1 heterocycles. The van der Waals surface area contributed by atoms with E-state index in [4.69, 9.17) is 23.2 Å². The Labute approximate surface area is 80.8 Å². The standard InChI is InChI=1S/C6H2Cl2NS2/c7-3-1-2-4-6(5(3)8)10-11-9-4/h1-2H/q+1. The topological polar surface area (TPSA) is 12.9 Å². The maximum atomic E-state index is 5.91. The molecule has 1 aromatic heterocycles. The van der Waals surface area contributed by atoms with Gasteiger partial charge in [0.15, 0.2) is 0 Å². The summed E-state index contributed by atoms with van der Waals surface area (Å²) in [5, 5.41) is 1.21. The van der Waals surface area contributed by atoms with Gasteiger partial charge in [-0.05, 0) is 12.1 Å². The van der Waals surface area contributed by atoms with Crippen LogP contribution in [-0.4, -0.2) is 4.37 Å². The molecule has 0 aliphatic carbocycles. The summed E-state index contributed by atoms with van der Waals surface area (Å²) in [5.41, 5.74) is 0.925. The van der Waals surface area contributed by atoms with E-state index in [1.165, 1.54) is 10.5 Å². The zero-order valence-corrected chi connectivity index (χ0v) is 8.32. The number of aromatic nitrogens is 1. The van der Waals surface area contributed by atoms with Crippen LogP contribution in [0.1, 0.15) is 0 Å². The minimum atomic E-state index is 0.593. The van der Waals surface area contributed by atoms with Crippen molar-refractivity contribution in [1.82, 2.24) is 4.37 Å². The van der Waals surface area contributed by atoms with Gasteiger partial charge in [-0.1, -0.05) is 23.2 Å². The SMILES string of the molecule is Clc1ccc2ns[s+]c2c1Cl. The summed E-state index contributed by atoms with van der Waals surface area (Å²) in [7, 11) is 2.97. The summed E-state index contributed by atoms with van der Waals surface area (Å²) in [6, 6.07) is 3.63. The lowest BCUT2D eigenvalue weighted by Crippen LogP contribution is -1.69. The fourth-order valence-corrected chi connectivity index (χ4v) is 3.26. The van der Waals surface area contributed by atoms with Crippen LogP contribution in [0.25, 0.3) is 10.2 Å². The van der Waals surface area contributed by atoms with E-state index in [1.54, 1.807) is 16.4 Å². The Hall–Kier alpha value is 0.0400. The summed E-state index contributed by atoms with van der Waals surface area (Å²) in [6.07, 6.45) is 0. The highest BCUT2D eigenvalue weighted by molar-refractivity contribution is 7.70. The number of rotatable bonds is 0. The number of benzene rings is 1. The molecule has 0 amide bonds. The number of fused-ring (bicyclic) bond motifs is 1. The van der Waals surface area contributed by atoms with Crippen molar-refractivity contribution >= 4 is 54.3 Å². The van der Waals surface area contributed by atoms with Gasteiger partial charge in [0.2, 0.25) is 0 Å².